The Morgan fingerprint density at radius 2 is 0.794 bits per heavy atom. The first kappa shape index (κ1) is 60.8. The molecule has 0 aliphatic heterocycles. The van der Waals surface area contributed by atoms with Crippen LogP contribution in [0, 0.1) is 0 Å². The number of carbonyl (C=O) groups is 2. The van der Waals surface area contributed by atoms with Crippen molar-refractivity contribution in [1.29, 1.82) is 0 Å². The molecule has 0 saturated carbocycles. The molecule has 0 aliphatic carbocycles. The molecule has 3 N–H and O–H groups in total. The third kappa shape index (κ3) is 49.1. The highest BCUT2D eigenvalue weighted by Crippen LogP contribution is 2.15. The number of hydrogen-bond acceptors (Lipinski definition) is 5. The smallest absolute Gasteiger partial charge is 0.305 e. The summed E-state index contributed by atoms with van der Waals surface area (Å²) >= 11 is 0. The molecule has 368 valence electrons. The number of ether oxygens (including phenoxy) is 1. The average Bonchev–Trinajstić information content (AvgIpc) is 3.28. The maximum Gasteiger partial charge on any atom is 0.305 e. The minimum atomic E-state index is -0.846. The molecule has 6 heteroatoms. The summed E-state index contributed by atoms with van der Waals surface area (Å²) in [7, 11) is 0. The quantitative estimate of drug-likeness (QED) is 0.0321. The van der Waals surface area contributed by atoms with Gasteiger partial charge < -0.3 is 20.3 Å². The normalized spacial score (nSPS) is 13.0. The number of amides is 1. The van der Waals surface area contributed by atoms with Crippen LogP contribution in [0.25, 0.3) is 0 Å². The Hall–Kier alpha value is -2.18. The second-order valence-corrected chi connectivity index (χ2v) is 18.5. The Bertz CT molecular complexity index is 1070. The van der Waals surface area contributed by atoms with E-state index >= 15 is 0 Å². The van der Waals surface area contributed by atoms with Crippen LogP contribution < -0.4 is 5.32 Å². The van der Waals surface area contributed by atoms with Crippen LogP contribution in [0.5, 0.6) is 0 Å². The molecule has 0 aromatic carbocycles. The second kappa shape index (κ2) is 52.4. The zero-order valence-electron chi connectivity index (χ0n) is 41.8. The van der Waals surface area contributed by atoms with E-state index in [1.807, 2.05) is 6.08 Å². The molecule has 2 atom stereocenters. The standard InChI is InChI=1S/C57H105NO5/c1-3-5-7-9-11-13-14-15-16-25-28-31-35-39-43-47-51-57(62)63-52-48-44-40-36-32-29-26-23-21-19-17-18-20-22-24-27-30-34-38-42-46-50-56(61)58-54(53-59)55(60)49-45-41-37-33-12-10-8-6-4-2/h16,25,29,32,40,44-45,49,54-55,59-60H,3-15,17-24,26-28,30-31,33-39,41-43,46-48,50-53H2,1-2H3,(H,58,61)/b25-16-,32-29-,44-40-,49-45+. The van der Waals surface area contributed by atoms with Gasteiger partial charge in [0.15, 0.2) is 0 Å². The Morgan fingerprint density at radius 3 is 1.22 bits per heavy atom. The topological polar surface area (TPSA) is 95.9 Å². The van der Waals surface area contributed by atoms with Gasteiger partial charge in [0.25, 0.3) is 0 Å². The highest BCUT2D eigenvalue weighted by atomic mass is 16.5. The van der Waals surface area contributed by atoms with Crippen LogP contribution in [0.3, 0.4) is 0 Å². The largest absolute Gasteiger partial charge is 0.465 e. The van der Waals surface area contributed by atoms with Gasteiger partial charge in [-0.3, -0.25) is 9.59 Å². The van der Waals surface area contributed by atoms with E-state index in [2.05, 4.69) is 55.6 Å². The van der Waals surface area contributed by atoms with Gasteiger partial charge in [0.2, 0.25) is 5.91 Å². The van der Waals surface area contributed by atoms with Crippen LogP contribution in [-0.2, 0) is 14.3 Å². The number of aliphatic hydroxyl groups is 2. The summed E-state index contributed by atoms with van der Waals surface area (Å²) in [6.45, 7) is 4.75. The minimum absolute atomic E-state index is 0.0441. The summed E-state index contributed by atoms with van der Waals surface area (Å²) in [5.74, 6) is -0.121. The Kier molecular flexibility index (Phi) is 50.6. The number of allylic oxidation sites excluding steroid dienone is 6. The van der Waals surface area contributed by atoms with E-state index in [-0.39, 0.29) is 18.5 Å². The van der Waals surface area contributed by atoms with Crippen LogP contribution in [0.2, 0.25) is 0 Å². The molecule has 0 radical (unpaired) electrons. The van der Waals surface area contributed by atoms with Gasteiger partial charge >= 0.3 is 5.97 Å². The zero-order valence-corrected chi connectivity index (χ0v) is 41.8. The van der Waals surface area contributed by atoms with E-state index in [0.717, 1.165) is 51.4 Å². The van der Waals surface area contributed by atoms with Crippen molar-refractivity contribution in [3.8, 4) is 0 Å². The lowest BCUT2D eigenvalue weighted by Crippen LogP contribution is -2.45. The molecule has 0 rings (SSSR count). The molecule has 0 aromatic heterocycles. The van der Waals surface area contributed by atoms with E-state index in [1.54, 1.807) is 6.08 Å². The van der Waals surface area contributed by atoms with E-state index in [1.165, 1.54) is 199 Å². The van der Waals surface area contributed by atoms with Gasteiger partial charge in [-0.1, -0.05) is 236 Å². The molecular weight excluding hydrogens is 779 g/mol. The summed E-state index contributed by atoms with van der Waals surface area (Å²) in [5.41, 5.74) is 0. The predicted octanol–water partition coefficient (Wildman–Crippen LogP) is 16.6. The lowest BCUT2D eigenvalue weighted by Gasteiger charge is -2.20. The SMILES string of the molecule is CCCCCCCCC/C=C\CCCCCCCC(=O)OCC/C=C\C/C=C\CCCCCCCCCCCCCCCCC(=O)NC(CO)C(O)/C=C/CCCCCCCCC. The number of unbranched alkanes of at least 4 members (excludes halogenated alkanes) is 33. The van der Waals surface area contributed by atoms with Crippen LogP contribution in [-0.4, -0.2) is 47.4 Å². The summed E-state index contributed by atoms with van der Waals surface area (Å²) in [6, 6.07) is -0.630. The minimum Gasteiger partial charge on any atom is -0.465 e. The Labute approximate surface area is 391 Å². The van der Waals surface area contributed by atoms with E-state index in [0.29, 0.717) is 19.4 Å². The van der Waals surface area contributed by atoms with Crippen LogP contribution >= 0.6 is 0 Å². The molecule has 2 unspecified atom stereocenters. The molecule has 0 fully saturated rings. The number of nitrogens with one attached hydrogen (secondary N) is 1. The average molecular weight is 884 g/mol. The molecule has 63 heavy (non-hydrogen) atoms. The molecule has 0 heterocycles. The van der Waals surface area contributed by atoms with Gasteiger partial charge in [0, 0.05) is 12.8 Å². The monoisotopic (exact) mass is 884 g/mol. The number of hydrogen-bond donors (Lipinski definition) is 3. The third-order valence-electron chi connectivity index (χ3n) is 12.3. The van der Waals surface area contributed by atoms with Crippen molar-refractivity contribution in [3.63, 3.8) is 0 Å². The first-order valence-electron chi connectivity index (χ1n) is 27.4. The van der Waals surface area contributed by atoms with Crippen molar-refractivity contribution < 1.29 is 24.5 Å². The lowest BCUT2D eigenvalue weighted by molar-refractivity contribution is -0.143. The number of carbonyl (C=O) groups excluding carboxylic acids is 2. The summed E-state index contributed by atoms with van der Waals surface area (Å²) < 4.78 is 5.41. The van der Waals surface area contributed by atoms with Crippen molar-refractivity contribution in [2.45, 2.75) is 289 Å². The maximum absolute atomic E-state index is 12.4. The fourth-order valence-electron chi connectivity index (χ4n) is 8.11. The van der Waals surface area contributed by atoms with Gasteiger partial charge in [-0.15, -0.1) is 0 Å². The molecular formula is C57H105NO5. The van der Waals surface area contributed by atoms with E-state index in [4.69, 9.17) is 4.74 Å². The fraction of sp³-hybridized carbons (Fsp3) is 0.825. The van der Waals surface area contributed by atoms with Crippen LogP contribution in [0.1, 0.15) is 277 Å². The van der Waals surface area contributed by atoms with Gasteiger partial charge in [-0.25, -0.2) is 0 Å². The molecule has 0 spiro atoms. The predicted molar refractivity (Wildman–Crippen MR) is 273 cm³/mol. The molecule has 0 aliphatic rings. The third-order valence-corrected chi connectivity index (χ3v) is 12.3. The fourth-order valence-corrected chi connectivity index (χ4v) is 8.11. The molecule has 1 amide bonds. The first-order chi connectivity index (χ1) is 31.0. The summed E-state index contributed by atoms with van der Waals surface area (Å²) in [4.78, 5) is 24.4. The molecule has 0 bridgehead atoms. The van der Waals surface area contributed by atoms with Gasteiger partial charge in [-0.05, 0) is 77.0 Å². The van der Waals surface area contributed by atoms with Gasteiger partial charge in [0.05, 0.1) is 25.4 Å². The molecule has 6 nitrogen and oxygen atoms in total. The van der Waals surface area contributed by atoms with Crippen molar-refractivity contribution >= 4 is 11.9 Å². The Morgan fingerprint density at radius 1 is 0.444 bits per heavy atom. The van der Waals surface area contributed by atoms with Crippen molar-refractivity contribution in [2.24, 2.45) is 0 Å². The van der Waals surface area contributed by atoms with Gasteiger partial charge in [-0.2, -0.15) is 0 Å². The number of rotatable bonds is 50. The highest BCUT2D eigenvalue weighted by molar-refractivity contribution is 5.76. The highest BCUT2D eigenvalue weighted by Gasteiger charge is 2.18. The summed E-state index contributed by atoms with van der Waals surface area (Å²) in [5, 5.41) is 22.9. The number of aliphatic hydroxyl groups excluding tert-OH is 2. The molecule has 0 aromatic rings. The lowest BCUT2D eigenvalue weighted by atomic mass is 10.0. The number of esters is 1. The van der Waals surface area contributed by atoms with E-state index in [9.17, 15) is 19.8 Å². The van der Waals surface area contributed by atoms with Crippen LogP contribution in [0.15, 0.2) is 48.6 Å². The first-order valence-corrected chi connectivity index (χ1v) is 27.4. The maximum atomic E-state index is 12.4. The van der Waals surface area contributed by atoms with Crippen molar-refractivity contribution in [2.75, 3.05) is 13.2 Å². The van der Waals surface area contributed by atoms with E-state index < -0.39 is 12.1 Å². The van der Waals surface area contributed by atoms with Crippen molar-refractivity contribution in [1.82, 2.24) is 5.32 Å². The Balaban J connectivity index is 3.46. The summed E-state index contributed by atoms with van der Waals surface area (Å²) in [6.07, 6.45) is 65.8. The van der Waals surface area contributed by atoms with Crippen LogP contribution in [0.4, 0.5) is 0 Å². The molecule has 0 saturated heterocycles. The van der Waals surface area contributed by atoms with Gasteiger partial charge in [0.1, 0.15) is 0 Å². The zero-order chi connectivity index (χ0) is 45.8. The van der Waals surface area contributed by atoms with Crippen molar-refractivity contribution in [3.05, 3.63) is 48.6 Å². The second-order valence-electron chi connectivity index (χ2n) is 18.5.